The first-order chi connectivity index (χ1) is 11.1. The van der Waals surface area contributed by atoms with Crippen molar-refractivity contribution in [3.05, 3.63) is 18.2 Å². The third-order valence-electron chi connectivity index (χ3n) is 2.62. The monoisotopic (exact) mass is 387 g/mol. The van der Waals surface area contributed by atoms with Gasteiger partial charge in [-0.15, -0.1) is 0 Å². The van der Waals surface area contributed by atoms with Crippen molar-refractivity contribution in [1.82, 2.24) is 14.7 Å². The zero-order valence-electron chi connectivity index (χ0n) is 14.5. The van der Waals surface area contributed by atoms with Crippen molar-refractivity contribution in [1.29, 1.82) is 0 Å². The van der Waals surface area contributed by atoms with E-state index in [1.165, 1.54) is 14.7 Å². The molecule has 0 aromatic heterocycles. The molecule has 0 saturated carbocycles. The van der Waals surface area contributed by atoms with Crippen molar-refractivity contribution < 1.29 is 14.4 Å². The zero-order valence-corrected chi connectivity index (χ0v) is 17.0. The van der Waals surface area contributed by atoms with Crippen LogP contribution in [0, 0.1) is 0 Å². The quantitative estimate of drug-likeness (QED) is 0.731. The van der Waals surface area contributed by atoms with Crippen LogP contribution in [0.4, 0.5) is 14.4 Å². The van der Waals surface area contributed by atoms with Gasteiger partial charge in [-0.25, -0.2) is 0 Å². The van der Waals surface area contributed by atoms with Gasteiger partial charge in [0.25, 0.3) is 15.7 Å². The summed E-state index contributed by atoms with van der Waals surface area (Å²) in [4.78, 5) is 42.5. The number of hydrogen-bond donors (Lipinski definition) is 0. The second kappa shape index (κ2) is 9.24. The Kier molecular flexibility index (Phi) is 7.98. The SMILES string of the molecule is CN(C)C(=O)Sc1cccc(SC(=O)N(C)C)c1SC(=O)N(C)C. The van der Waals surface area contributed by atoms with E-state index in [0.29, 0.717) is 14.7 Å². The maximum absolute atomic E-state index is 12.1. The van der Waals surface area contributed by atoms with Crippen LogP contribution in [0.2, 0.25) is 0 Å². The number of benzene rings is 1. The molecule has 3 amide bonds. The molecule has 0 atom stereocenters. The van der Waals surface area contributed by atoms with E-state index >= 15 is 0 Å². The number of thioether (sulfide) groups is 3. The van der Waals surface area contributed by atoms with E-state index in [1.54, 1.807) is 60.5 Å². The van der Waals surface area contributed by atoms with Crippen molar-refractivity contribution >= 4 is 51.0 Å². The van der Waals surface area contributed by atoms with Gasteiger partial charge in [-0.3, -0.25) is 14.4 Å². The summed E-state index contributed by atoms with van der Waals surface area (Å²) in [6.45, 7) is 0. The fourth-order valence-corrected chi connectivity index (χ4v) is 4.01. The largest absolute Gasteiger partial charge is 0.339 e. The molecule has 0 aliphatic rings. The molecule has 0 bridgehead atoms. The lowest BCUT2D eigenvalue weighted by Crippen LogP contribution is -2.18. The highest BCUT2D eigenvalue weighted by atomic mass is 32.2. The molecule has 1 rings (SSSR count). The summed E-state index contributed by atoms with van der Waals surface area (Å²) in [6.07, 6.45) is 0. The van der Waals surface area contributed by atoms with Gasteiger partial charge in [0.2, 0.25) is 0 Å². The van der Waals surface area contributed by atoms with Crippen molar-refractivity contribution in [3.8, 4) is 0 Å². The predicted octanol–water partition coefficient (Wildman–Crippen LogP) is 4.01. The van der Waals surface area contributed by atoms with E-state index < -0.39 is 0 Å². The van der Waals surface area contributed by atoms with Gasteiger partial charge in [0.1, 0.15) is 0 Å². The second-order valence-corrected chi connectivity index (χ2v) is 8.32. The summed E-state index contributed by atoms with van der Waals surface area (Å²) >= 11 is 3.09. The summed E-state index contributed by atoms with van der Waals surface area (Å²) in [6, 6.07) is 5.34. The molecule has 0 saturated heterocycles. The van der Waals surface area contributed by atoms with Crippen LogP contribution in [0.25, 0.3) is 0 Å². The molecule has 0 spiro atoms. The molecule has 0 unspecified atom stereocenters. The van der Waals surface area contributed by atoms with Crippen LogP contribution < -0.4 is 0 Å². The number of rotatable bonds is 3. The summed E-state index contributed by atoms with van der Waals surface area (Å²) in [7, 11) is 9.99. The molecule has 9 heteroatoms. The Morgan fingerprint density at radius 2 is 1.00 bits per heavy atom. The van der Waals surface area contributed by atoms with Crippen LogP contribution in [-0.2, 0) is 0 Å². The maximum Gasteiger partial charge on any atom is 0.286 e. The van der Waals surface area contributed by atoms with E-state index in [-0.39, 0.29) is 15.7 Å². The molecule has 0 fully saturated rings. The first kappa shape index (κ1) is 20.7. The molecule has 0 aliphatic heterocycles. The van der Waals surface area contributed by atoms with Gasteiger partial charge in [0.15, 0.2) is 0 Å². The highest BCUT2D eigenvalue weighted by molar-refractivity contribution is 8.17. The van der Waals surface area contributed by atoms with Gasteiger partial charge in [0.05, 0.1) is 0 Å². The highest BCUT2D eigenvalue weighted by Gasteiger charge is 2.20. The second-order valence-electron chi connectivity index (χ2n) is 5.37. The van der Waals surface area contributed by atoms with Crippen LogP contribution in [-0.4, -0.2) is 72.7 Å². The van der Waals surface area contributed by atoms with Crippen molar-refractivity contribution in [3.63, 3.8) is 0 Å². The highest BCUT2D eigenvalue weighted by Crippen LogP contribution is 2.40. The number of nitrogens with zero attached hydrogens (tertiary/aromatic N) is 3. The van der Waals surface area contributed by atoms with Crippen LogP contribution in [0.5, 0.6) is 0 Å². The van der Waals surface area contributed by atoms with E-state index in [4.69, 9.17) is 0 Å². The molecule has 132 valence electrons. The molecular weight excluding hydrogens is 366 g/mol. The molecule has 0 N–H and O–H groups in total. The number of amides is 3. The molecule has 1 aromatic rings. The first-order valence-electron chi connectivity index (χ1n) is 6.94. The standard InChI is InChI=1S/C15H21N3O3S3/c1-16(2)13(19)22-10-8-7-9-11(23-14(20)17(3)4)12(10)24-15(21)18(5)6/h7-9H,1-6H3. The van der Waals surface area contributed by atoms with Gasteiger partial charge < -0.3 is 14.7 Å². The average Bonchev–Trinajstić information content (AvgIpc) is 2.49. The van der Waals surface area contributed by atoms with Gasteiger partial charge in [0, 0.05) is 57.0 Å². The molecule has 24 heavy (non-hydrogen) atoms. The summed E-state index contributed by atoms with van der Waals surface area (Å²) in [5.41, 5.74) is 0. The van der Waals surface area contributed by atoms with E-state index in [9.17, 15) is 14.4 Å². The van der Waals surface area contributed by atoms with Crippen LogP contribution in [0.3, 0.4) is 0 Å². The van der Waals surface area contributed by atoms with E-state index in [1.807, 2.05) is 0 Å². The number of carbonyl (C=O) groups excluding carboxylic acids is 3. The third-order valence-corrected chi connectivity index (χ3v) is 6.26. The van der Waals surface area contributed by atoms with Crippen LogP contribution in [0.1, 0.15) is 0 Å². The lowest BCUT2D eigenvalue weighted by molar-refractivity contribution is 0.240. The molecule has 0 heterocycles. The summed E-state index contributed by atoms with van der Waals surface area (Å²) < 4.78 is 0. The molecule has 0 radical (unpaired) electrons. The van der Waals surface area contributed by atoms with Crippen LogP contribution in [0.15, 0.2) is 32.9 Å². The normalized spacial score (nSPS) is 10.2. The predicted molar refractivity (Wildman–Crippen MR) is 101 cm³/mol. The average molecular weight is 388 g/mol. The molecular formula is C15H21N3O3S3. The van der Waals surface area contributed by atoms with Gasteiger partial charge in [-0.2, -0.15) is 0 Å². The Morgan fingerprint density at radius 3 is 1.33 bits per heavy atom. The Labute approximate surface area is 155 Å². The Hall–Kier alpha value is -1.32. The minimum Gasteiger partial charge on any atom is -0.339 e. The molecule has 1 aromatic carbocycles. The van der Waals surface area contributed by atoms with Crippen molar-refractivity contribution in [2.45, 2.75) is 14.7 Å². The zero-order chi connectivity index (χ0) is 18.4. The van der Waals surface area contributed by atoms with Gasteiger partial charge in [-0.1, -0.05) is 6.07 Å². The van der Waals surface area contributed by atoms with Gasteiger partial charge >= 0.3 is 0 Å². The summed E-state index contributed by atoms with van der Waals surface area (Å²) in [5.74, 6) is 0. The van der Waals surface area contributed by atoms with Crippen molar-refractivity contribution in [2.24, 2.45) is 0 Å². The van der Waals surface area contributed by atoms with E-state index in [2.05, 4.69) is 0 Å². The van der Waals surface area contributed by atoms with Gasteiger partial charge in [-0.05, 0) is 47.4 Å². The Balaban J connectivity index is 3.24. The number of carbonyl (C=O) groups is 3. The smallest absolute Gasteiger partial charge is 0.286 e. The van der Waals surface area contributed by atoms with Crippen LogP contribution >= 0.6 is 35.3 Å². The Bertz CT molecular complexity index is 593. The Morgan fingerprint density at radius 1 is 0.667 bits per heavy atom. The molecule has 0 aliphatic carbocycles. The summed E-state index contributed by atoms with van der Waals surface area (Å²) in [5, 5.41) is -0.454. The number of hydrogen-bond acceptors (Lipinski definition) is 6. The van der Waals surface area contributed by atoms with Crippen molar-refractivity contribution in [2.75, 3.05) is 42.3 Å². The lowest BCUT2D eigenvalue weighted by Gasteiger charge is -2.17. The first-order valence-corrected chi connectivity index (χ1v) is 9.38. The minimum absolute atomic E-state index is 0.143. The lowest BCUT2D eigenvalue weighted by atomic mass is 10.4. The third kappa shape index (κ3) is 5.95. The molecule has 6 nitrogen and oxygen atoms in total. The fourth-order valence-electron chi connectivity index (χ4n) is 1.31. The van der Waals surface area contributed by atoms with E-state index in [0.717, 1.165) is 35.3 Å². The minimum atomic E-state index is -0.167. The fraction of sp³-hybridized carbons (Fsp3) is 0.400. The topological polar surface area (TPSA) is 60.9 Å². The maximum atomic E-state index is 12.1.